The molecule has 0 amide bonds. The Hall–Kier alpha value is -3.48. The summed E-state index contributed by atoms with van der Waals surface area (Å²) in [7, 11) is 0. The standard InChI is InChI=1S/C19H10N4OS/c1-11-6-7-15-14(8-11)24-18-16(22-9-20)12-4-2-3-5-13(12)17(23-10-21)19(18)25-15/h2-8H,1H3. The van der Waals surface area contributed by atoms with Crippen molar-refractivity contribution in [3.05, 3.63) is 68.7 Å². The lowest BCUT2D eigenvalue weighted by Crippen LogP contribution is -2.16. The molecule has 1 heterocycles. The summed E-state index contributed by atoms with van der Waals surface area (Å²) in [6, 6.07) is 13.4. The third kappa shape index (κ3) is 2.37. The summed E-state index contributed by atoms with van der Waals surface area (Å²) < 4.78 is 7.74. The first-order valence-electron chi connectivity index (χ1n) is 7.47. The quantitative estimate of drug-likeness (QED) is 0.459. The number of hydrogen-bond donors (Lipinski definition) is 0. The molecule has 25 heavy (non-hydrogen) atoms. The van der Waals surface area contributed by atoms with Crippen molar-refractivity contribution in [2.45, 2.75) is 6.92 Å². The minimum Gasteiger partial charge on any atom is -0.452 e. The second-order valence-corrected chi connectivity index (χ2v) is 6.53. The highest BCUT2D eigenvalue weighted by atomic mass is 32.1. The molecule has 0 aromatic heterocycles. The molecule has 5 nitrogen and oxygen atoms in total. The maximum Gasteiger partial charge on any atom is 0.206 e. The molecule has 0 saturated carbocycles. The van der Waals surface area contributed by atoms with Crippen molar-refractivity contribution in [3.63, 3.8) is 0 Å². The zero-order valence-corrected chi connectivity index (χ0v) is 14.0. The lowest BCUT2D eigenvalue weighted by molar-refractivity contribution is 0.564. The first-order chi connectivity index (χ1) is 12.2. The van der Waals surface area contributed by atoms with Crippen molar-refractivity contribution < 1.29 is 4.42 Å². The summed E-state index contributed by atoms with van der Waals surface area (Å²) in [5.74, 6) is 0. The van der Waals surface area contributed by atoms with E-state index in [1.54, 1.807) is 0 Å². The van der Waals surface area contributed by atoms with E-state index in [2.05, 4.69) is 9.98 Å². The Kier molecular flexibility index (Phi) is 3.53. The second kappa shape index (κ2) is 5.86. The molecule has 2 aromatic carbocycles. The molecule has 6 heteroatoms. The third-order valence-corrected chi connectivity index (χ3v) is 5.06. The molecule has 0 saturated heterocycles. The van der Waals surface area contributed by atoms with E-state index in [0.717, 1.165) is 21.0 Å². The van der Waals surface area contributed by atoms with Gasteiger partial charge in [-0.05, 0) is 24.6 Å². The molecule has 2 aliphatic rings. The molecule has 0 atom stereocenters. The predicted molar refractivity (Wildman–Crippen MR) is 94.0 cm³/mol. The zero-order valence-electron chi connectivity index (χ0n) is 13.1. The van der Waals surface area contributed by atoms with Gasteiger partial charge in [0.2, 0.25) is 12.4 Å². The summed E-state index contributed by atoms with van der Waals surface area (Å²) in [4.78, 5) is 8.01. The molecule has 0 spiro atoms. The van der Waals surface area contributed by atoms with Gasteiger partial charge in [0.15, 0.2) is 5.42 Å². The van der Waals surface area contributed by atoms with Crippen LogP contribution in [0.15, 0.2) is 56.9 Å². The second-order valence-electron chi connectivity index (χ2n) is 5.48. The minimum absolute atomic E-state index is 0.463. The van der Waals surface area contributed by atoms with E-state index in [1.807, 2.05) is 61.8 Å². The lowest BCUT2D eigenvalue weighted by Gasteiger charge is -2.04. The van der Waals surface area contributed by atoms with Crippen molar-refractivity contribution >= 4 is 32.4 Å². The molecule has 0 N–H and O–H groups in total. The van der Waals surface area contributed by atoms with Gasteiger partial charge >= 0.3 is 0 Å². The van der Waals surface area contributed by atoms with Crippen LogP contribution in [0.3, 0.4) is 0 Å². The summed E-state index contributed by atoms with van der Waals surface area (Å²) in [5, 5.41) is 20.8. The van der Waals surface area contributed by atoms with Gasteiger partial charge in [0.1, 0.15) is 16.3 Å². The van der Waals surface area contributed by atoms with Gasteiger partial charge < -0.3 is 4.42 Å². The topological polar surface area (TPSA) is 85.4 Å². The van der Waals surface area contributed by atoms with Crippen LogP contribution in [0, 0.1) is 39.8 Å². The fourth-order valence-electron chi connectivity index (χ4n) is 2.87. The van der Waals surface area contributed by atoms with Crippen molar-refractivity contribution in [3.8, 4) is 12.4 Å². The number of hydrogen-bond acceptors (Lipinski definition) is 6. The molecule has 0 radical (unpaired) electrons. The Morgan fingerprint density at radius 2 is 1.64 bits per heavy atom. The fourth-order valence-corrected chi connectivity index (χ4v) is 3.91. The zero-order chi connectivity index (χ0) is 17.4. The van der Waals surface area contributed by atoms with Crippen LogP contribution in [0.1, 0.15) is 5.56 Å². The van der Waals surface area contributed by atoms with Gasteiger partial charge in [0.25, 0.3) is 0 Å². The van der Waals surface area contributed by atoms with E-state index < -0.39 is 0 Å². The van der Waals surface area contributed by atoms with Crippen LogP contribution in [-0.2, 0) is 0 Å². The van der Waals surface area contributed by atoms with Crippen LogP contribution in [0.25, 0.3) is 21.1 Å². The maximum atomic E-state index is 9.14. The summed E-state index contributed by atoms with van der Waals surface area (Å²) in [5.41, 5.74) is 2.26. The van der Waals surface area contributed by atoms with Gasteiger partial charge in [-0.2, -0.15) is 20.5 Å². The number of nitriles is 2. The van der Waals surface area contributed by atoms with E-state index in [0.29, 0.717) is 26.2 Å². The maximum absolute atomic E-state index is 9.14. The van der Waals surface area contributed by atoms with Gasteiger partial charge in [-0.25, -0.2) is 0 Å². The third-order valence-electron chi connectivity index (χ3n) is 3.92. The fraction of sp³-hybridized carbons (Fsp3) is 0.0526. The summed E-state index contributed by atoms with van der Waals surface area (Å²) >= 11 is 1.47. The molecule has 0 bridgehead atoms. The van der Waals surface area contributed by atoms with Gasteiger partial charge in [0.05, 0.1) is 9.23 Å². The molecule has 0 fully saturated rings. The Labute approximate surface area is 145 Å². The highest BCUT2D eigenvalue weighted by Gasteiger charge is 2.10. The average Bonchev–Trinajstić information content (AvgIpc) is 2.63. The lowest BCUT2D eigenvalue weighted by atomic mass is 10.1. The Morgan fingerprint density at radius 3 is 2.36 bits per heavy atom. The molecule has 1 aliphatic heterocycles. The molecular formula is C19H10N4OS. The largest absolute Gasteiger partial charge is 0.452 e. The first kappa shape index (κ1) is 15.1. The molecule has 0 unspecified atom stereocenters. The van der Waals surface area contributed by atoms with E-state index >= 15 is 0 Å². The van der Waals surface area contributed by atoms with Gasteiger partial charge in [-0.3, -0.25) is 0 Å². The van der Waals surface area contributed by atoms with Crippen molar-refractivity contribution in [1.29, 1.82) is 10.5 Å². The average molecular weight is 342 g/mol. The van der Waals surface area contributed by atoms with Gasteiger partial charge in [0, 0.05) is 10.8 Å². The van der Waals surface area contributed by atoms with Crippen LogP contribution < -0.4 is 10.7 Å². The van der Waals surface area contributed by atoms with E-state index in [-0.39, 0.29) is 0 Å². The van der Waals surface area contributed by atoms with Crippen molar-refractivity contribution in [2.75, 3.05) is 0 Å². The van der Waals surface area contributed by atoms with E-state index in [9.17, 15) is 0 Å². The number of benzene rings is 2. The molecular weight excluding hydrogens is 332 g/mol. The van der Waals surface area contributed by atoms with E-state index in [4.69, 9.17) is 14.9 Å². The molecule has 1 aliphatic carbocycles. The van der Waals surface area contributed by atoms with Gasteiger partial charge in [-0.15, -0.1) is 11.3 Å². The summed E-state index contributed by atoms with van der Waals surface area (Å²) in [6.45, 7) is 1.99. The Bertz CT molecular complexity index is 1430. The van der Waals surface area contributed by atoms with Gasteiger partial charge in [-0.1, -0.05) is 30.3 Å². The van der Waals surface area contributed by atoms with Crippen LogP contribution in [0.5, 0.6) is 0 Å². The highest BCUT2D eigenvalue weighted by Crippen LogP contribution is 2.21. The predicted octanol–water partition coefficient (Wildman–Crippen LogP) is 3.44. The van der Waals surface area contributed by atoms with Crippen molar-refractivity contribution in [2.24, 2.45) is 9.98 Å². The number of fused-ring (bicyclic) bond motifs is 2. The Morgan fingerprint density at radius 1 is 0.960 bits per heavy atom. The highest BCUT2D eigenvalue weighted by molar-refractivity contribution is 7.16. The van der Waals surface area contributed by atoms with Crippen LogP contribution in [0.2, 0.25) is 0 Å². The number of aryl methyl sites for hydroxylation is 1. The smallest absolute Gasteiger partial charge is 0.206 e. The van der Waals surface area contributed by atoms with Crippen LogP contribution in [0.4, 0.5) is 0 Å². The molecule has 2 aromatic rings. The van der Waals surface area contributed by atoms with E-state index in [1.165, 1.54) is 11.3 Å². The minimum atomic E-state index is 0.463. The SMILES string of the molecule is Cc1ccc2sc3c(=NC#N)c4ccccc4c(=NC#N)c=3oc2c1. The normalized spacial score (nSPS) is 12.6. The molecule has 118 valence electrons. The Balaban J connectivity index is 2.47. The van der Waals surface area contributed by atoms with Crippen LogP contribution >= 0.6 is 11.3 Å². The number of rotatable bonds is 0. The van der Waals surface area contributed by atoms with Crippen molar-refractivity contribution in [1.82, 2.24) is 0 Å². The molecule has 4 rings (SSSR count). The summed E-state index contributed by atoms with van der Waals surface area (Å²) in [6.07, 6.45) is 3.72. The monoisotopic (exact) mass is 342 g/mol. The first-order valence-corrected chi connectivity index (χ1v) is 8.29. The number of nitrogens with zero attached hydrogens (tertiary/aromatic N) is 4. The van der Waals surface area contributed by atoms with Crippen LogP contribution in [-0.4, -0.2) is 0 Å².